The second-order valence-corrected chi connectivity index (χ2v) is 4.52. The summed E-state index contributed by atoms with van der Waals surface area (Å²) in [5.74, 6) is -0.345. The number of halogens is 2. The molecule has 94 valence electrons. The van der Waals surface area contributed by atoms with Crippen molar-refractivity contribution in [3.05, 3.63) is 24.0 Å². The van der Waals surface area contributed by atoms with Crippen LogP contribution in [-0.2, 0) is 11.2 Å². The van der Waals surface area contributed by atoms with Crippen LogP contribution in [0.1, 0.15) is 11.4 Å². The summed E-state index contributed by atoms with van der Waals surface area (Å²) in [4.78, 5) is 12.1. The molecule has 0 spiro atoms. The van der Waals surface area contributed by atoms with Gasteiger partial charge in [0.1, 0.15) is 11.4 Å². The molecule has 1 rings (SSSR count). The fraction of sp³-hybridized carbons (Fsp3) is 0.500. The van der Waals surface area contributed by atoms with Crippen LogP contribution >= 0.6 is 23.2 Å². The zero-order valence-electron chi connectivity index (χ0n) is 9.40. The molecule has 0 aliphatic carbocycles. The number of aryl methyl sites for hydroxylation is 1. The van der Waals surface area contributed by atoms with E-state index in [1.54, 1.807) is 13.0 Å². The maximum atomic E-state index is 11.6. The van der Waals surface area contributed by atoms with E-state index < -0.39 is 4.84 Å². The number of carbonyl (C=O) groups excluding carboxylic acids is 1. The van der Waals surface area contributed by atoms with E-state index in [0.717, 1.165) is 0 Å². The van der Waals surface area contributed by atoms with Crippen molar-refractivity contribution < 1.29 is 9.42 Å². The van der Waals surface area contributed by atoms with Gasteiger partial charge in [0.15, 0.2) is 4.84 Å². The van der Waals surface area contributed by atoms with Gasteiger partial charge in [-0.25, -0.2) is 4.63 Å². The molecule has 0 saturated carbocycles. The maximum absolute atomic E-state index is 11.6. The van der Waals surface area contributed by atoms with E-state index in [-0.39, 0.29) is 5.91 Å². The Balaban J connectivity index is 2.59. The van der Waals surface area contributed by atoms with E-state index in [9.17, 15) is 4.79 Å². The molecule has 5 nitrogen and oxygen atoms in total. The molecule has 0 atom stereocenters. The lowest BCUT2D eigenvalue weighted by atomic mass is 10.2. The van der Waals surface area contributed by atoms with Gasteiger partial charge in [-0.2, -0.15) is 0 Å². The van der Waals surface area contributed by atoms with E-state index in [1.165, 1.54) is 4.90 Å². The number of aromatic nitrogens is 2. The number of rotatable bonds is 6. The fourth-order valence-electron chi connectivity index (χ4n) is 1.30. The highest BCUT2D eigenvalue weighted by Gasteiger charge is 2.19. The molecule has 0 aliphatic rings. The molecule has 1 aromatic heterocycles. The lowest BCUT2D eigenvalue weighted by molar-refractivity contribution is -0.128. The van der Waals surface area contributed by atoms with Gasteiger partial charge in [0.25, 0.3) is 5.91 Å². The molecule has 0 N–H and O–H groups in total. The van der Waals surface area contributed by atoms with Crippen molar-refractivity contribution >= 4 is 29.1 Å². The Morgan fingerprint density at radius 3 is 2.76 bits per heavy atom. The molecule has 0 fully saturated rings. The predicted molar refractivity (Wildman–Crippen MR) is 65.0 cm³/mol. The summed E-state index contributed by atoms with van der Waals surface area (Å²) in [6, 6.07) is 0. The zero-order valence-corrected chi connectivity index (χ0v) is 10.9. The van der Waals surface area contributed by atoms with Crippen molar-refractivity contribution in [3.8, 4) is 0 Å². The molecule has 1 amide bonds. The minimum Gasteiger partial charge on any atom is -0.336 e. The Labute approximate surface area is 109 Å². The Morgan fingerprint density at radius 1 is 1.59 bits per heavy atom. The van der Waals surface area contributed by atoms with Gasteiger partial charge in [-0.1, -0.05) is 39.6 Å². The Morgan fingerprint density at radius 2 is 2.29 bits per heavy atom. The third kappa shape index (κ3) is 4.02. The summed E-state index contributed by atoms with van der Waals surface area (Å²) >= 11 is 11.1. The van der Waals surface area contributed by atoms with Crippen molar-refractivity contribution in [1.29, 1.82) is 0 Å². The van der Waals surface area contributed by atoms with Crippen molar-refractivity contribution in [3.63, 3.8) is 0 Å². The van der Waals surface area contributed by atoms with Gasteiger partial charge in [-0.05, 0) is 6.92 Å². The molecule has 0 saturated heterocycles. The Kier molecular flexibility index (Phi) is 5.44. The van der Waals surface area contributed by atoms with Crippen LogP contribution in [0, 0.1) is 6.92 Å². The number of amides is 1. The summed E-state index contributed by atoms with van der Waals surface area (Å²) < 4.78 is 4.57. The van der Waals surface area contributed by atoms with Crippen LogP contribution in [-0.4, -0.2) is 39.0 Å². The van der Waals surface area contributed by atoms with E-state index >= 15 is 0 Å². The smallest absolute Gasteiger partial charge is 0.256 e. The molecular weight excluding hydrogens is 265 g/mol. The molecule has 1 heterocycles. The largest absolute Gasteiger partial charge is 0.336 e. The van der Waals surface area contributed by atoms with Crippen LogP contribution in [0.25, 0.3) is 0 Å². The molecule has 17 heavy (non-hydrogen) atoms. The highest BCUT2D eigenvalue weighted by atomic mass is 35.5. The number of hydrogen-bond acceptors (Lipinski definition) is 4. The van der Waals surface area contributed by atoms with Crippen LogP contribution in [0.15, 0.2) is 17.3 Å². The van der Waals surface area contributed by atoms with Crippen LogP contribution < -0.4 is 0 Å². The van der Waals surface area contributed by atoms with Gasteiger partial charge < -0.3 is 4.90 Å². The molecule has 0 radical (unpaired) electrons. The van der Waals surface area contributed by atoms with Gasteiger partial charge in [0.05, 0.1) is 0 Å². The summed E-state index contributed by atoms with van der Waals surface area (Å²) in [7, 11) is 0. The van der Waals surface area contributed by atoms with Crippen molar-refractivity contribution in [1.82, 2.24) is 15.2 Å². The van der Waals surface area contributed by atoms with E-state index in [2.05, 4.69) is 21.5 Å². The van der Waals surface area contributed by atoms with Crippen molar-refractivity contribution in [2.75, 3.05) is 13.1 Å². The highest BCUT2D eigenvalue weighted by Crippen LogP contribution is 2.09. The van der Waals surface area contributed by atoms with E-state index in [0.29, 0.717) is 30.9 Å². The van der Waals surface area contributed by atoms with Crippen molar-refractivity contribution in [2.45, 2.75) is 18.2 Å². The van der Waals surface area contributed by atoms with E-state index in [1.807, 2.05) is 0 Å². The average molecular weight is 278 g/mol. The molecular formula is C10H13Cl2N3O2. The molecule has 0 aromatic carbocycles. The van der Waals surface area contributed by atoms with Gasteiger partial charge in [-0.3, -0.25) is 4.79 Å². The third-order valence-electron chi connectivity index (χ3n) is 2.21. The topological polar surface area (TPSA) is 59.2 Å². The number of alkyl halides is 2. The second-order valence-electron chi connectivity index (χ2n) is 3.42. The van der Waals surface area contributed by atoms with Gasteiger partial charge in [0, 0.05) is 19.5 Å². The monoisotopic (exact) mass is 277 g/mol. The molecule has 0 bridgehead atoms. The fourth-order valence-corrected chi connectivity index (χ4v) is 1.58. The lowest BCUT2D eigenvalue weighted by Gasteiger charge is -2.20. The van der Waals surface area contributed by atoms with Crippen LogP contribution in [0.3, 0.4) is 0 Å². The second kappa shape index (κ2) is 6.61. The van der Waals surface area contributed by atoms with Crippen LogP contribution in [0.4, 0.5) is 0 Å². The Hall–Kier alpha value is -1.07. The number of nitrogens with zero attached hydrogens (tertiary/aromatic N) is 3. The number of hydrogen-bond donors (Lipinski definition) is 0. The van der Waals surface area contributed by atoms with Crippen molar-refractivity contribution in [2.24, 2.45) is 0 Å². The van der Waals surface area contributed by atoms with E-state index in [4.69, 9.17) is 23.2 Å². The quantitative estimate of drug-likeness (QED) is 0.587. The lowest BCUT2D eigenvalue weighted by Crippen LogP contribution is -2.36. The first-order valence-electron chi connectivity index (χ1n) is 5.02. The summed E-state index contributed by atoms with van der Waals surface area (Å²) in [5.41, 5.74) is 1.43. The maximum Gasteiger partial charge on any atom is 0.256 e. The van der Waals surface area contributed by atoms with Crippen LogP contribution in [0.2, 0.25) is 0 Å². The third-order valence-corrected chi connectivity index (χ3v) is 2.59. The first-order chi connectivity index (χ1) is 8.06. The molecule has 1 aromatic rings. The molecule has 7 heteroatoms. The minimum atomic E-state index is -1.06. The SMILES string of the molecule is C=CCN(CCc1nonc1C)C(=O)C(Cl)Cl. The first-order valence-corrected chi connectivity index (χ1v) is 5.89. The zero-order chi connectivity index (χ0) is 12.8. The Bertz CT molecular complexity index is 393. The summed E-state index contributed by atoms with van der Waals surface area (Å²) in [6.45, 7) is 6.20. The average Bonchev–Trinajstić information content (AvgIpc) is 2.69. The van der Waals surface area contributed by atoms with Gasteiger partial charge in [0.2, 0.25) is 0 Å². The first kappa shape index (κ1) is 14.0. The molecule has 0 unspecified atom stereocenters. The normalized spacial score (nSPS) is 10.6. The molecule has 0 aliphatic heterocycles. The van der Waals surface area contributed by atoms with Crippen LogP contribution in [0.5, 0.6) is 0 Å². The standard InChI is InChI=1S/C10H13Cl2N3O2/c1-3-5-15(10(16)9(11)12)6-4-8-7(2)13-17-14-8/h3,9H,1,4-6H2,2H3. The summed E-state index contributed by atoms with van der Waals surface area (Å²) in [5, 5.41) is 7.39. The van der Waals surface area contributed by atoms with Gasteiger partial charge >= 0.3 is 0 Å². The minimum absolute atomic E-state index is 0.345. The van der Waals surface area contributed by atoms with Gasteiger partial charge in [-0.15, -0.1) is 6.58 Å². The predicted octanol–water partition coefficient (Wildman–Crippen LogP) is 1.74. The summed E-state index contributed by atoms with van der Waals surface area (Å²) in [6.07, 6.45) is 2.15. The highest BCUT2D eigenvalue weighted by molar-refractivity contribution is 6.53. The number of carbonyl (C=O) groups is 1.